The van der Waals surface area contributed by atoms with Crippen molar-refractivity contribution in [3.63, 3.8) is 0 Å². The molecule has 0 fully saturated rings. The van der Waals surface area contributed by atoms with Crippen molar-refractivity contribution in [3.8, 4) is 0 Å². The molecule has 0 bridgehead atoms. The summed E-state index contributed by atoms with van der Waals surface area (Å²) in [5.74, 6) is 0.861. The van der Waals surface area contributed by atoms with Gasteiger partial charge in [0.15, 0.2) is 5.96 Å². The Balaban J connectivity index is 0.00000484. The number of aliphatic imine (C=N–C) groups is 1. The molecule has 0 atom stereocenters. The van der Waals surface area contributed by atoms with E-state index in [-0.39, 0.29) is 24.0 Å². The van der Waals surface area contributed by atoms with Gasteiger partial charge in [0.2, 0.25) is 0 Å². The van der Waals surface area contributed by atoms with E-state index in [1.807, 2.05) is 7.05 Å². The zero-order valence-electron chi connectivity index (χ0n) is 14.7. The summed E-state index contributed by atoms with van der Waals surface area (Å²) in [6.07, 6.45) is 4.72. The van der Waals surface area contributed by atoms with Crippen LogP contribution in [0.2, 0.25) is 0 Å². The molecule has 0 aliphatic rings. The van der Waals surface area contributed by atoms with E-state index >= 15 is 0 Å². The molecular weight excluding hydrogens is 401 g/mol. The minimum atomic E-state index is 0. The lowest BCUT2D eigenvalue weighted by atomic mass is 10.1. The number of hydrogen-bond donors (Lipinski definition) is 2. The maximum atomic E-state index is 5.66. The lowest BCUT2D eigenvalue weighted by Gasteiger charge is -2.14. The SMILES string of the molecule is CCCCCNC(=NC)NCc1ccccc1COCCC.I. The predicted molar refractivity (Wildman–Crippen MR) is 110 cm³/mol. The van der Waals surface area contributed by atoms with Crippen LogP contribution in [0, 0.1) is 0 Å². The highest BCUT2D eigenvalue weighted by molar-refractivity contribution is 14.0. The van der Waals surface area contributed by atoms with E-state index in [0.717, 1.165) is 32.1 Å². The molecule has 132 valence electrons. The number of benzene rings is 1. The van der Waals surface area contributed by atoms with Crippen LogP contribution in [0.4, 0.5) is 0 Å². The van der Waals surface area contributed by atoms with Crippen molar-refractivity contribution in [2.75, 3.05) is 20.2 Å². The molecule has 0 amide bonds. The zero-order chi connectivity index (χ0) is 16.0. The number of halogens is 1. The van der Waals surface area contributed by atoms with Gasteiger partial charge in [0, 0.05) is 26.7 Å². The second-order valence-electron chi connectivity index (χ2n) is 5.38. The van der Waals surface area contributed by atoms with Crippen LogP contribution in [0.25, 0.3) is 0 Å². The summed E-state index contributed by atoms with van der Waals surface area (Å²) in [4.78, 5) is 4.27. The normalized spacial score (nSPS) is 11.0. The number of ether oxygens (including phenoxy) is 1. The Kier molecular flexibility index (Phi) is 14.2. The number of unbranched alkanes of at least 4 members (excludes halogenated alkanes) is 2. The molecule has 2 N–H and O–H groups in total. The predicted octanol–water partition coefficient (Wildman–Crippen LogP) is 4.09. The minimum Gasteiger partial charge on any atom is -0.377 e. The quantitative estimate of drug-likeness (QED) is 0.253. The van der Waals surface area contributed by atoms with E-state index in [4.69, 9.17) is 4.74 Å². The Hall–Kier alpha value is -0.820. The van der Waals surface area contributed by atoms with Crippen molar-refractivity contribution in [3.05, 3.63) is 35.4 Å². The summed E-state index contributed by atoms with van der Waals surface area (Å²) in [6.45, 7) is 7.55. The van der Waals surface area contributed by atoms with Crippen molar-refractivity contribution < 1.29 is 4.74 Å². The molecular formula is C18H32IN3O. The molecule has 23 heavy (non-hydrogen) atoms. The first-order valence-electron chi connectivity index (χ1n) is 8.40. The van der Waals surface area contributed by atoms with Gasteiger partial charge in [-0.3, -0.25) is 4.99 Å². The Labute approximate surface area is 158 Å². The summed E-state index contributed by atoms with van der Waals surface area (Å²) < 4.78 is 5.66. The molecule has 0 radical (unpaired) electrons. The third-order valence-electron chi connectivity index (χ3n) is 3.47. The minimum absolute atomic E-state index is 0. The summed E-state index contributed by atoms with van der Waals surface area (Å²) in [5.41, 5.74) is 2.50. The topological polar surface area (TPSA) is 45.7 Å². The van der Waals surface area contributed by atoms with E-state index in [2.05, 4.69) is 53.7 Å². The highest BCUT2D eigenvalue weighted by atomic mass is 127. The van der Waals surface area contributed by atoms with Gasteiger partial charge >= 0.3 is 0 Å². The van der Waals surface area contributed by atoms with Gasteiger partial charge in [0.1, 0.15) is 0 Å². The Bertz CT molecular complexity index is 438. The highest BCUT2D eigenvalue weighted by Gasteiger charge is 2.03. The molecule has 1 aromatic rings. The number of nitrogens with one attached hydrogen (secondary N) is 2. The summed E-state index contributed by atoms with van der Waals surface area (Å²) in [7, 11) is 1.81. The lowest BCUT2D eigenvalue weighted by molar-refractivity contribution is 0.121. The molecule has 0 heterocycles. The standard InChI is InChI=1S/C18H31N3O.HI/c1-4-6-9-12-20-18(19-3)21-14-16-10-7-8-11-17(16)15-22-13-5-2;/h7-8,10-11H,4-6,9,12-15H2,1-3H3,(H2,19,20,21);1H. The number of hydrogen-bond acceptors (Lipinski definition) is 2. The summed E-state index contributed by atoms with van der Waals surface area (Å²) in [5, 5.41) is 6.73. The number of nitrogens with zero attached hydrogens (tertiary/aromatic N) is 1. The maximum absolute atomic E-state index is 5.66. The average Bonchev–Trinajstić information content (AvgIpc) is 2.55. The van der Waals surface area contributed by atoms with Crippen LogP contribution in [0.3, 0.4) is 0 Å². The fourth-order valence-electron chi connectivity index (χ4n) is 2.18. The van der Waals surface area contributed by atoms with Crippen LogP contribution in [0.15, 0.2) is 29.3 Å². The smallest absolute Gasteiger partial charge is 0.191 e. The third kappa shape index (κ3) is 9.81. The molecule has 0 aliphatic carbocycles. The maximum Gasteiger partial charge on any atom is 0.191 e. The van der Waals surface area contributed by atoms with Gasteiger partial charge in [-0.15, -0.1) is 24.0 Å². The van der Waals surface area contributed by atoms with Crippen LogP contribution in [0.1, 0.15) is 50.7 Å². The zero-order valence-corrected chi connectivity index (χ0v) is 17.1. The van der Waals surface area contributed by atoms with Gasteiger partial charge in [0.25, 0.3) is 0 Å². The fourth-order valence-corrected chi connectivity index (χ4v) is 2.18. The van der Waals surface area contributed by atoms with Crippen LogP contribution in [-0.4, -0.2) is 26.2 Å². The average molecular weight is 433 g/mol. The summed E-state index contributed by atoms with van der Waals surface area (Å²) >= 11 is 0. The Morgan fingerprint density at radius 3 is 2.43 bits per heavy atom. The van der Waals surface area contributed by atoms with E-state index in [1.54, 1.807) is 0 Å². The molecule has 1 aromatic carbocycles. The number of guanidine groups is 1. The van der Waals surface area contributed by atoms with E-state index in [0.29, 0.717) is 6.61 Å². The molecule has 1 rings (SSSR count). The van der Waals surface area contributed by atoms with Gasteiger partial charge in [-0.05, 0) is 24.0 Å². The van der Waals surface area contributed by atoms with Gasteiger partial charge in [-0.2, -0.15) is 0 Å². The van der Waals surface area contributed by atoms with E-state index in [9.17, 15) is 0 Å². The van der Waals surface area contributed by atoms with E-state index in [1.165, 1.54) is 30.4 Å². The van der Waals surface area contributed by atoms with Gasteiger partial charge in [-0.1, -0.05) is 51.0 Å². The van der Waals surface area contributed by atoms with Crippen LogP contribution < -0.4 is 10.6 Å². The molecule has 0 spiro atoms. The monoisotopic (exact) mass is 433 g/mol. The second kappa shape index (κ2) is 14.8. The Morgan fingerprint density at radius 2 is 1.78 bits per heavy atom. The molecule has 0 aliphatic heterocycles. The molecule has 0 saturated carbocycles. The van der Waals surface area contributed by atoms with Crippen molar-refractivity contribution in [1.29, 1.82) is 0 Å². The molecule has 4 nitrogen and oxygen atoms in total. The van der Waals surface area contributed by atoms with Crippen molar-refractivity contribution in [1.82, 2.24) is 10.6 Å². The van der Waals surface area contributed by atoms with E-state index < -0.39 is 0 Å². The molecule has 0 aromatic heterocycles. The first-order chi connectivity index (χ1) is 10.8. The second-order valence-corrected chi connectivity index (χ2v) is 5.38. The fraction of sp³-hybridized carbons (Fsp3) is 0.611. The molecule has 0 unspecified atom stereocenters. The van der Waals surface area contributed by atoms with Gasteiger partial charge < -0.3 is 15.4 Å². The first kappa shape index (κ1) is 22.2. The highest BCUT2D eigenvalue weighted by Crippen LogP contribution is 2.10. The largest absolute Gasteiger partial charge is 0.377 e. The Morgan fingerprint density at radius 1 is 1.04 bits per heavy atom. The molecule has 5 heteroatoms. The van der Waals surface area contributed by atoms with Crippen molar-refractivity contribution in [2.45, 2.75) is 52.7 Å². The lowest BCUT2D eigenvalue weighted by Crippen LogP contribution is -2.37. The van der Waals surface area contributed by atoms with Crippen LogP contribution in [-0.2, 0) is 17.9 Å². The van der Waals surface area contributed by atoms with Crippen molar-refractivity contribution >= 4 is 29.9 Å². The number of rotatable bonds is 10. The molecule has 0 saturated heterocycles. The first-order valence-corrected chi connectivity index (χ1v) is 8.40. The van der Waals surface area contributed by atoms with Gasteiger partial charge in [0.05, 0.1) is 6.61 Å². The van der Waals surface area contributed by atoms with Gasteiger partial charge in [-0.25, -0.2) is 0 Å². The third-order valence-corrected chi connectivity index (χ3v) is 3.47. The van der Waals surface area contributed by atoms with Crippen molar-refractivity contribution in [2.24, 2.45) is 4.99 Å². The summed E-state index contributed by atoms with van der Waals surface area (Å²) in [6, 6.07) is 8.40. The van der Waals surface area contributed by atoms with Crippen LogP contribution in [0.5, 0.6) is 0 Å². The van der Waals surface area contributed by atoms with Crippen LogP contribution >= 0.6 is 24.0 Å².